The predicted octanol–water partition coefficient (Wildman–Crippen LogP) is 2.22. The number of thioether (sulfide) groups is 1. The molecule has 8 heteroatoms. The van der Waals surface area contributed by atoms with E-state index in [4.69, 9.17) is 9.47 Å². The van der Waals surface area contributed by atoms with Crippen molar-refractivity contribution in [2.75, 3.05) is 26.6 Å². The second-order valence-corrected chi connectivity index (χ2v) is 6.43. The molecule has 1 atom stereocenters. The smallest absolute Gasteiger partial charge is 0.230 e. The van der Waals surface area contributed by atoms with Crippen LogP contribution in [0.15, 0.2) is 29.4 Å². The molecule has 0 saturated heterocycles. The molecular weight excluding hydrogens is 340 g/mol. The Balaban J connectivity index is 2.05. The molecule has 0 bridgehead atoms. The zero-order chi connectivity index (χ0) is 18.2. The average molecular weight is 364 g/mol. The molecule has 1 heterocycles. The Morgan fingerprint density at radius 3 is 2.60 bits per heavy atom. The number of ether oxygens (including phenoxy) is 2. The van der Waals surface area contributed by atoms with Crippen LogP contribution in [0.5, 0.6) is 5.75 Å². The number of carbonyl (C=O) groups is 1. The monoisotopic (exact) mass is 364 g/mol. The number of nitrogens with zero attached hydrogens (tertiary/aromatic N) is 3. The Morgan fingerprint density at radius 1 is 1.28 bits per heavy atom. The molecule has 7 nitrogen and oxygen atoms in total. The first-order chi connectivity index (χ1) is 12.1. The van der Waals surface area contributed by atoms with E-state index in [1.165, 1.54) is 11.8 Å². The van der Waals surface area contributed by atoms with Gasteiger partial charge >= 0.3 is 0 Å². The lowest BCUT2D eigenvalue weighted by Gasteiger charge is -2.12. The summed E-state index contributed by atoms with van der Waals surface area (Å²) >= 11 is 1.37. The average Bonchev–Trinajstić information content (AvgIpc) is 3.03. The number of methoxy groups -OCH3 is 2. The summed E-state index contributed by atoms with van der Waals surface area (Å²) in [5.41, 5.74) is 0.958. The largest absolute Gasteiger partial charge is 0.497 e. The van der Waals surface area contributed by atoms with Gasteiger partial charge in [0, 0.05) is 25.3 Å². The number of amides is 1. The van der Waals surface area contributed by atoms with Gasteiger partial charge in [-0.15, -0.1) is 10.2 Å². The Hall–Kier alpha value is -2.06. The van der Waals surface area contributed by atoms with E-state index >= 15 is 0 Å². The SMILES string of the molecule is CCn1c(SCC(=O)N[C@@H](C)COC)nnc1-c1ccc(OC)cc1. The maximum atomic E-state index is 12.0. The number of nitrogens with one attached hydrogen (secondary N) is 1. The number of hydrogen-bond donors (Lipinski definition) is 1. The summed E-state index contributed by atoms with van der Waals surface area (Å²) in [6.07, 6.45) is 0. The van der Waals surface area contributed by atoms with E-state index in [9.17, 15) is 4.79 Å². The molecule has 0 radical (unpaired) electrons. The highest BCUT2D eigenvalue weighted by molar-refractivity contribution is 7.99. The highest BCUT2D eigenvalue weighted by atomic mass is 32.2. The lowest BCUT2D eigenvalue weighted by atomic mass is 10.2. The molecule has 136 valence electrons. The fraction of sp³-hybridized carbons (Fsp3) is 0.471. The van der Waals surface area contributed by atoms with Gasteiger partial charge in [-0.05, 0) is 38.1 Å². The van der Waals surface area contributed by atoms with Crippen LogP contribution in [-0.2, 0) is 16.1 Å². The van der Waals surface area contributed by atoms with Gasteiger partial charge in [0.25, 0.3) is 0 Å². The van der Waals surface area contributed by atoms with Gasteiger partial charge in [-0.25, -0.2) is 0 Å². The molecule has 1 amide bonds. The Labute approximate surface area is 152 Å². The summed E-state index contributed by atoms with van der Waals surface area (Å²) < 4.78 is 12.2. The second-order valence-electron chi connectivity index (χ2n) is 5.49. The van der Waals surface area contributed by atoms with Crippen molar-refractivity contribution in [3.8, 4) is 17.1 Å². The third-order valence-corrected chi connectivity index (χ3v) is 4.50. The van der Waals surface area contributed by atoms with Crippen LogP contribution < -0.4 is 10.1 Å². The van der Waals surface area contributed by atoms with Gasteiger partial charge in [0.05, 0.1) is 19.5 Å². The van der Waals surface area contributed by atoms with Crippen molar-refractivity contribution >= 4 is 17.7 Å². The molecule has 2 aromatic rings. The molecule has 0 saturated carbocycles. The molecule has 0 unspecified atom stereocenters. The van der Waals surface area contributed by atoms with Gasteiger partial charge in [-0.2, -0.15) is 0 Å². The topological polar surface area (TPSA) is 78.3 Å². The number of carbonyl (C=O) groups excluding carboxylic acids is 1. The number of rotatable bonds is 9. The van der Waals surface area contributed by atoms with Gasteiger partial charge in [0.2, 0.25) is 5.91 Å². The second kappa shape index (κ2) is 9.43. The van der Waals surface area contributed by atoms with Crippen molar-refractivity contribution in [1.82, 2.24) is 20.1 Å². The van der Waals surface area contributed by atoms with Crippen LogP contribution in [0.2, 0.25) is 0 Å². The molecule has 0 aliphatic rings. The summed E-state index contributed by atoms with van der Waals surface area (Å²) in [4.78, 5) is 12.0. The lowest BCUT2D eigenvalue weighted by Crippen LogP contribution is -2.36. The van der Waals surface area contributed by atoms with Crippen molar-refractivity contribution in [2.45, 2.75) is 31.6 Å². The molecule has 1 aromatic carbocycles. The van der Waals surface area contributed by atoms with Crippen LogP contribution in [0, 0.1) is 0 Å². The first-order valence-electron chi connectivity index (χ1n) is 8.07. The minimum atomic E-state index is -0.0498. The summed E-state index contributed by atoms with van der Waals surface area (Å²) in [5, 5.41) is 12.1. The van der Waals surface area contributed by atoms with Crippen molar-refractivity contribution in [3.05, 3.63) is 24.3 Å². The summed E-state index contributed by atoms with van der Waals surface area (Å²) in [7, 11) is 3.25. The van der Waals surface area contributed by atoms with Gasteiger partial charge in [0.1, 0.15) is 5.75 Å². The number of aromatic nitrogens is 3. The van der Waals surface area contributed by atoms with E-state index in [-0.39, 0.29) is 17.7 Å². The summed E-state index contributed by atoms with van der Waals surface area (Å²) in [5.74, 6) is 1.81. The van der Waals surface area contributed by atoms with Crippen molar-refractivity contribution in [2.24, 2.45) is 0 Å². The molecule has 0 aliphatic heterocycles. The van der Waals surface area contributed by atoms with Crippen molar-refractivity contribution in [1.29, 1.82) is 0 Å². The van der Waals surface area contributed by atoms with Crippen LogP contribution >= 0.6 is 11.8 Å². The van der Waals surface area contributed by atoms with E-state index in [1.54, 1.807) is 14.2 Å². The minimum absolute atomic E-state index is 0.0167. The fourth-order valence-corrected chi connectivity index (χ4v) is 3.19. The molecule has 1 N–H and O–H groups in total. The summed E-state index contributed by atoms with van der Waals surface area (Å²) in [6, 6.07) is 7.66. The molecule has 1 aromatic heterocycles. The Bertz CT molecular complexity index is 688. The van der Waals surface area contributed by atoms with E-state index in [2.05, 4.69) is 15.5 Å². The molecule has 0 aliphatic carbocycles. The molecule has 0 fully saturated rings. The van der Waals surface area contributed by atoms with Gasteiger partial charge in [0.15, 0.2) is 11.0 Å². The predicted molar refractivity (Wildman–Crippen MR) is 97.9 cm³/mol. The van der Waals surface area contributed by atoms with Gasteiger partial charge in [-0.1, -0.05) is 11.8 Å². The first kappa shape index (κ1) is 19.3. The lowest BCUT2D eigenvalue weighted by molar-refractivity contribution is -0.119. The fourth-order valence-electron chi connectivity index (χ4n) is 2.37. The minimum Gasteiger partial charge on any atom is -0.497 e. The van der Waals surface area contributed by atoms with Gasteiger partial charge in [-0.3, -0.25) is 4.79 Å². The van der Waals surface area contributed by atoms with Crippen LogP contribution in [0.3, 0.4) is 0 Å². The molecule has 0 spiro atoms. The van der Waals surface area contributed by atoms with E-state index < -0.39 is 0 Å². The van der Waals surface area contributed by atoms with Crippen LogP contribution in [0.1, 0.15) is 13.8 Å². The number of hydrogen-bond acceptors (Lipinski definition) is 6. The third-order valence-electron chi connectivity index (χ3n) is 3.54. The maximum Gasteiger partial charge on any atom is 0.230 e. The van der Waals surface area contributed by atoms with Crippen LogP contribution in [0.25, 0.3) is 11.4 Å². The third kappa shape index (κ3) is 5.20. The summed E-state index contributed by atoms with van der Waals surface area (Å²) in [6.45, 7) is 5.14. The van der Waals surface area contributed by atoms with E-state index in [0.29, 0.717) is 6.61 Å². The standard InChI is InChI=1S/C17H24N4O3S/c1-5-21-16(13-6-8-14(24-4)9-7-13)19-20-17(21)25-11-15(22)18-12(2)10-23-3/h6-9,12H,5,10-11H2,1-4H3,(H,18,22)/t12-/m0/s1. The Kier molecular flexibility index (Phi) is 7.27. The Morgan fingerprint density at radius 2 is 2.00 bits per heavy atom. The van der Waals surface area contributed by atoms with E-state index in [0.717, 1.165) is 28.8 Å². The molecule has 2 rings (SSSR count). The zero-order valence-corrected chi connectivity index (χ0v) is 15.8. The van der Waals surface area contributed by atoms with Crippen LogP contribution in [-0.4, -0.2) is 53.3 Å². The highest BCUT2D eigenvalue weighted by Crippen LogP contribution is 2.25. The number of benzene rings is 1. The van der Waals surface area contributed by atoms with Gasteiger partial charge < -0.3 is 19.4 Å². The molecule has 25 heavy (non-hydrogen) atoms. The quantitative estimate of drug-likeness (QED) is 0.688. The van der Waals surface area contributed by atoms with Crippen LogP contribution in [0.4, 0.5) is 0 Å². The molecular formula is C17H24N4O3S. The van der Waals surface area contributed by atoms with Crippen molar-refractivity contribution < 1.29 is 14.3 Å². The zero-order valence-electron chi connectivity index (χ0n) is 15.0. The normalized spacial score (nSPS) is 12.0. The van der Waals surface area contributed by atoms with E-state index in [1.807, 2.05) is 42.7 Å². The van der Waals surface area contributed by atoms with Crippen molar-refractivity contribution in [3.63, 3.8) is 0 Å². The first-order valence-corrected chi connectivity index (χ1v) is 9.06. The maximum absolute atomic E-state index is 12.0. The highest BCUT2D eigenvalue weighted by Gasteiger charge is 2.15.